The summed E-state index contributed by atoms with van der Waals surface area (Å²) < 4.78 is 0. The average Bonchev–Trinajstić information content (AvgIpc) is 3.21. The summed E-state index contributed by atoms with van der Waals surface area (Å²) in [7, 11) is 0. The lowest BCUT2D eigenvalue weighted by atomic mass is 9.98. The van der Waals surface area contributed by atoms with Crippen molar-refractivity contribution >= 4 is 5.84 Å². The van der Waals surface area contributed by atoms with E-state index in [0.717, 1.165) is 18.0 Å². The van der Waals surface area contributed by atoms with Gasteiger partial charge in [-0.1, -0.05) is 29.4 Å². The van der Waals surface area contributed by atoms with Gasteiger partial charge in [0.1, 0.15) is 0 Å². The number of nitrogens with zero attached hydrogens (tertiary/aromatic N) is 1. The SMILES string of the molecule is CC(C)(NCc1ccc(/C(N)=N/O)cc1)C1CC1. The minimum atomic E-state index is 0.146. The molecule has 0 atom stereocenters. The Bertz CT molecular complexity index is 433. The highest BCUT2D eigenvalue weighted by molar-refractivity contribution is 5.96. The Morgan fingerprint density at radius 3 is 2.50 bits per heavy atom. The lowest BCUT2D eigenvalue weighted by Gasteiger charge is -2.26. The van der Waals surface area contributed by atoms with Crippen LogP contribution in [-0.4, -0.2) is 16.6 Å². The molecule has 0 aliphatic heterocycles. The molecule has 0 bridgehead atoms. The van der Waals surface area contributed by atoms with Crippen LogP contribution < -0.4 is 11.1 Å². The molecular weight excluding hydrogens is 226 g/mol. The van der Waals surface area contributed by atoms with Gasteiger partial charge in [-0.3, -0.25) is 0 Å². The largest absolute Gasteiger partial charge is 0.409 e. The highest BCUT2D eigenvalue weighted by Crippen LogP contribution is 2.39. The Balaban J connectivity index is 1.94. The summed E-state index contributed by atoms with van der Waals surface area (Å²) in [5.74, 6) is 0.960. The van der Waals surface area contributed by atoms with E-state index in [1.165, 1.54) is 18.4 Å². The second kappa shape index (κ2) is 4.98. The first-order valence-corrected chi connectivity index (χ1v) is 6.35. The number of nitrogens with one attached hydrogen (secondary N) is 1. The van der Waals surface area contributed by atoms with Crippen LogP contribution in [0.25, 0.3) is 0 Å². The van der Waals surface area contributed by atoms with Crippen LogP contribution in [0.4, 0.5) is 0 Å². The molecule has 0 radical (unpaired) electrons. The van der Waals surface area contributed by atoms with Gasteiger partial charge in [0, 0.05) is 17.6 Å². The van der Waals surface area contributed by atoms with Gasteiger partial charge in [0.05, 0.1) is 0 Å². The summed E-state index contributed by atoms with van der Waals surface area (Å²) >= 11 is 0. The van der Waals surface area contributed by atoms with E-state index >= 15 is 0 Å². The fourth-order valence-corrected chi connectivity index (χ4v) is 2.13. The Morgan fingerprint density at radius 1 is 1.39 bits per heavy atom. The first kappa shape index (κ1) is 12.9. The number of rotatable bonds is 5. The number of oxime groups is 1. The van der Waals surface area contributed by atoms with Crippen LogP contribution in [0.15, 0.2) is 29.4 Å². The number of hydrogen-bond acceptors (Lipinski definition) is 3. The van der Waals surface area contributed by atoms with Crippen molar-refractivity contribution in [2.45, 2.75) is 38.8 Å². The fourth-order valence-electron chi connectivity index (χ4n) is 2.13. The summed E-state index contributed by atoms with van der Waals surface area (Å²) in [5.41, 5.74) is 7.68. The third-order valence-electron chi connectivity index (χ3n) is 3.70. The van der Waals surface area contributed by atoms with Gasteiger partial charge in [0.2, 0.25) is 0 Å². The van der Waals surface area contributed by atoms with E-state index in [0.29, 0.717) is 0 Å². The highest BCUT2D eigenvalue weighted by atomic mass is 16.4. The Kier molecular flexibility index (Phi) is 3.57. The highest BCUT2D eigenvalue weighted by Gasteiger charge is 2.36. The molecule has 1 aliphatic rings. The minimum absolute atomic E-state index is 0.146. The van der Waals surface area contributed by atoms with Crippen molar-refractivity contribution in [2.75, 3.05) is 0 Å². The lowest BCUT2D eigenvalue weighted by Crippen LogP contribution is -2.40. The van der Waals surface area contributed by atoms with E-state index in [1.807, 2.05) is 24.3 Å². The van der Waals surface area contributed by atoms with Gasteiger partial charge in [0.15, 0.2) is 5.84 Å². The maximum atomic E-state index is 8.59. The maximum Gasteiger partial charge on any atom is 0.170 e. The molecule has 0 heterocycles. The Hall–Kier alpha value is -1.55. The van der Waals surface area contributed by atoms with E-state index < -0.39 is 0 Å². The number of amidine groups is 1. The van der Waals surface area contributed by atoms with Gasteiger partial charge >= 0.3 is 0 Å². The molecule has 0 unspecified atom stereocenters. The third kappa shape index (κ3) is 3.01. The fraction of sp³-hybridized carbons (Fsp3) is 0.500. The zero-order chi connectivity index (χ0) is 13.2. The molecule has 4 heteroatoms. The summed E-state index contributed by atoms with van der Waals surface area (Å²) in [6.45, 7) is 5.37. The first-order chi connectivity index (χ1) is 8.53. The quantitative estimate of drug-likeness (QED) is 0.323. The molecule has 0 saturated heterocycles. The van der Waals surface area contributed by atoms with Gasteiger partial charge in [-0.2, -0.15) is 0 Å². The van der Waals surface area contributed by atoms with Gasteiger partial charge in [-0.05, 0) is 38.2 Å². The molecule has 4 N–H and O–H groups in total. The predicted molar refractivity (Wildman–Crippen MR) is 72.6 cm³/mol. The van der Waals surface area contributed by atoms with Gasteiger partial charge in [-0.15, -0.1) is 0 Å². The Labute approximate surface area is 108 Å². The van der Waals surface area contributed by atoms with Gasteiger partial charge in [0.25, 0.3) is 0 Å². The van der Waals surface area contributed by atoms with E-state index in [4.69, 9.17) is 10.9 Å². The number of hydrogen-bond donors (Lipinski definition) is 3. The van der Waals surface area contributed by atoms with E-state index in [1.54, 1.807) is 0 Å². The first-order valence-electron chi connectivity index (χ1n) is 6.35. The van der Waals surface area contributed by atoms with Gasteiger partial charge in [-0.25, -0.2) is 0 Å². The van der Waals surface area contributed by atoms with Gasteiger partial charge < -0.3 is 16.3 Å². The van der Waals surface area contributed by atoms with Crippen molar-refractivity contribution in [3.63, 3.8) is 0 Å². The number of nitrogens with two attached hydrogens (primary N) is 1. The van der Waals surface area contributed by atoms with Crippen molar-refractivity contribution in [1.29, 1.82) is 0 Å². The third-order valence-corrected chi connectivity index (χ3v) is 3.70. The molecule has 0 spiro atoms. The second-order valence-corrected chi connectivity index (χ2v) is 5.53. The molecule has 2 rings (SSSR count). The van der Waals surface area contributed by atoms with E-state index in [-0.39, 0.29) is 11.4 Å². The number of benzene rings is 1. The molecule has 1 aromatic rings. The topological polar surface area (TPSA) is 70.6 Å². The predicted octanol–water partition coefficient (Wildman–Crippen LogP) is 2.06. The van der Waals surface area contributed by atoms with Crippen molar-refractivity contribution in [2.24, 2.45) is 16.8 Å². The summed E-state index contributed by atoms with van der Waals surface area (Å²) in [4.78, 5) is 0. The molecule has 1 aliphatic carbocycles. The molecular formula is C14H21N3O. The molecule has 0 amide bonds. The normalized spacial score (nSPS) is 16.9. The molecule has 4 nitrogen and oxygen atoms in total. The standard InChI is InChI=1S/C14H21N3O/c1-14(2,12-7-8-12)16-9-10-3-5-11(6-4-10)13(15)17-18/h3-6,12,16,18H,7-9H2,1-2H3,(H2,15,17). The Morgan fingerprint density at radius 2 is 2.00 bits per heavy atom. The molecule has 18 heavy (non-hydrogen) atoms. The van der Waals surface area contributed by atoms with Crippen LogP contribution in [0.1, 0.15) is 37.8 Å². The monoisotopic (exact) mass is 247 g/mol. The average molecular weight is 247 g/mol. The van der Waals surface area contributed by atoms with Crippen molar-refractivity contribution < 1.29 is 5.21 Å². The van der Waals surface area contributed by atoms with Crippen LogP contribution >= 0.6 is 0 Å². The van der Waals surface area contributed by atoms with Crippen LogP contribution in [0.2, 0.25) is 0 Å². The summed E-state index contributed by atoms with van der Waals surface area (Å²) in [6.07, 6.45) is 2.67. The maximum absolute atomic E-state index is 8.59. The van der Waals surface area contributed by atoms with Crippen molar-refractivity contribution in [1.82, 2.24) is 5.32 Å². The molecule has 1 saturated carbocycles. The molecule has 1 aromatic carbocycles. The minimum Gasteiger partial charge on any atom is -0.409 e. The van der Waals surface area contributed by atoms with Crippen molar-refractivity contribution in [3.05, 3.63) is 35.4 Å². The smallest absolute Gasteiger partial charge is 0.170 e. The zero-order valence-corrected chi connectivity index (χ0v) is 11.0. The van der Waals surface area contributed by atoms with Crippen molar-refractivity contribution in [3.8, 4) is 0 Å². The summed E-state index contributed by atoms with van der Waals surface area (Å²) in [5, 5.41) is 15.2. The van der Waals surface area contributed by atoms with E-state index in [2.05, 4.69) is 24.3 Å². The lowest BCUT2D eigenvalue weighted by molar-refractivity contribution is 0.318. The molecule has 1 fully saturated rings. The zero-order valence-electron chi connectivity index (χ0n) is 11.0. The van der Waals surface area contributed by atoms with Crippen LogP contribution in [0.3, 0.4) is 0 Å². The summed E-state index contributed by atoms with van der Waals surface area (Å²) in [6, 6.07) is 7.75. The van der Waals surface area contributed by atoms with Crippen LogP contribution in [0.5, 0.6) is 0 Å². The van der Waals surface area contributed by atoms with Crippen LogP contribution in [0, 0.1) is 5.92 Å². The molecule has 98 valence electrons. The molecule has 0 aromatic heterocycles. The van der Waals surface area contributed by atoms with E-state index in [9.17, 15) is 0 Å². The second-order valence-electron chi connectivity index (χ2n) is 5.53. The van der Waals surface area contributed by atoms with Crippen LogP contribution in [-0.2, 0) is 6.54 Å².